The van der Waals surface area contributed by atoms with Crippen LogP contribution < -0.4 is 14.8 Å². The van der Waals surface area contributed by atoms with Gasteiger partial charge in [-0.1, -0.05) is 0 Å². The molecule has 7 nitrogen and oxygen atoms in total. The summed E-state index contributed by atoms with van der Waals surface area (Å²) in [6.07, 6.45) is -0.169. The molecule has 0 saturated carbocycles. The van der Waals surface area contributed by atoms with Gasteiger partial charge in [-0.15, -0.1) is 11.3 Å². The second-order valence-corrected chi connectivity index (χ2v) is 9.39. The van der Waals surface area contributed by atoms with Crippen LogP contribution in [0.5, 0.6) is 11.5 Å². The SMILES string of the molecule is COc1ccc(NC(=O)CCS(=O)(=O)c2ccc3nc(C)sc3c2)c(OC)c1. The summed E-state index contributed by atoms with van der Waals surface area (Å²) in [5.74, 6) is 0.315. The van der Waals surface area contributed by atoms with Gasteiger partial charge in [0.25, 0.3) is 0 Å². The Morgan fingerprint density at radius 1 is 1.14 bits per heavy atom. The lowest BCUT2D eigenvalue weighted by Gasteiger charge is -2.11. The average molecular weight is 421 g/mol. The quantitative estimate of drug-likeness (QED) is 0.629. The summed E-state index contributed by atoms with van der Waals surface area (Å²) in [7, 11) is -0.580. The lowest BCUT2D eigenvalue weighted by atomic mass is 10.2. The number of ether oxygens (including phenoxy) is 2. The van der Waals surface area contributed by atoms with Crippen LogP contribution in [0.3, 0.4) is 0 Å². The number of carbonyl (C=O) groups is 1. The Morgan fingerprint density at radius 2 is 1.93 bits per heavy atom. The molecule has 148 valence electrons. The molecule has 2 aromatic carbocycles. The van der Waals surface area contributed by atoms with Crippen molar-refractivity contribution in [2.24, 2.45) is 0 Å². The van der Waals surface area contributed by atoms with Crippen molar-refractivity contribution in [3.63, 3.8) is 0 Å². The zero-order valence-electron chi connectivity index (χ0n) is 15.7. The van der Waals surface area contributed by atoms with E-state index in [1.807, 2.05) is 6.92 Å². The van der Waals surface area contributed by atoms with E-state index in [0.717, 1.165) is 15.2 Å². The zero-order chi connectivity index (χ0) is 20.3. The number of fused-ring (bicyclic) bond motifs is 1. The molecular formula is C19H20N2O5S2. The summed E-state index contributed by atoms with van der Waals surface area (Å²) in [5.41, 5.74) is 1.22. The van der Waals surface area contributed by atoms with Gasteiger partial charge in [-0.05, 0) is 37.3 Å². The van der Waals surface area contributed by atoms with Crippen molar-refractivity contribution in [3.8, 4) is 11.5 Å². The van der Waals surface area contributed by atoms with Crippen LogP contribution in [0.15, 0.2) is 41.3 Å². The second-order valence-electron chi connectivity index (χ2n) is 6.05. The molecule has 1 N–H and O–H groups in total. The number of nitrogens with one attached hydrogen (secondary N) is 1. The molecule has 0 radical (unpaired) electrons. The van der Waals surface area contributed by atoms with Gasteiger partial charge in [0, 0.05) is 12.5 Å². The van der Waals surface area contributed by atoms with Crippen LogP contribution in [0.2, 0.25) is 0 Å². The molecule has 0 saturated heterocycles. The molecule has 0 aliphatic rings. The lowest BCUT2D eigenvalue weighted by Crippen LogP contribution is -2.17. The minimum atomic E-state index is -3.59. The average Bonchev–Trinajstić information content (AvgIpc) is 3.06. The summed E-state index contributed by atoms with van der Waals surface area (Å²) in [5, 5.41) is 3.55. The highest BCUT2D eigenvalue weighted by Gasteiger charge is 2.18. The Kier molecular flexibility index (Phi) is 5.85. The Hall–Kier alpha value is -2.65. The Morgan fingerprint density at radius 3 is 2.64 bits per heavy atom. The molecule has 28 heavy (non-hydrogen) atoms. The van der Waals surface area contributed by atoms with E-state index in [2.05, 4.69) is 10.3 Å². The maximum atomic E-state index is 12.6. The normalized spacial score (nSPS) is 11.4. The summed E-state index contributed by atoms with van der Waals surface area (Å²) in [6, 6.07) is 9.79. The zero-order valence-corrected chi connectivity index (χ0v) is 17.3. The van der Waals surface area contributed by atoms with Crippen molar-refractivity contribution in [3.05, 3.63) is 41.4 Å². The van der Waals surface area contributed by atoms with Crippen LogP contribution in [0.25, 0.3) is 10.2 Å². The van der Waals surface area contributed by atoms with E-state index >= 15 is 0 Å². The van der Waals surface area contributed by atoms with E-state index in [-0.39, 0.29) is 17.1 Å². The van der Waals surface area contributed by atoms with E-state index in [0.29, 0.717) is 17.2 Å². The number of hydrogen-bond acceptors (Lipinski definition) is 7. The van der Waals surface area contributed by atoms with Gasteiger partial charge < -0.3 is 14.8 Å². The molecule has 0 aliphatic heterocycles. The molecule has 9 heteroatoms. The molecule has 0 fully saturated rings. The van der Waals surface area contributed by atoms with Gasteiger partial charge in [0.15, 0.2) is 9.84 Å². The van der Waals surface area contributed by atoms with Crippen molar-refractivity contribution in [2.45, 2.75) is 18.2 Å². The Balaban J connectivity index is 1.69. The first-order chi connectivity index (χ1) is 13.3. The van der Waals surface area contributed by atoms with Gasteiger partial charge >= 0.3 is 0 Å². The highest BCUT2D eigenvalue weighted by atomic mass is 32.2. The summed E-state index contributed by atoms with van der Waals surface area (Å²) >= 11 is 1.44. The third-order valence-electron chi connectivity index (χ3n) is 4.11. The first-order valence-electron chi connectivity index (χ1n) is 8.44. The highest BCUT2D eigenvalue weighted by molar-refractivity contribution is 7.91. The van der Waals surface area contributed by atoms with Crippen molar-refractivity contribution in [2.75, 3.05) is 25.3 Å². The number of nitrogens with zero attached hydrogens (tertiary/aromatic N) is 1. The predicted molar refractivity (Wildman–Crippen MR) is 109 cm³/mol. The minimum Gasteiger partial charge on any atom is -0.497 e. The number of sulfone groups is 1. The monoisotopic (exact) mass is 420 g/mol. The van der Waals surface area contributed by atoms with Crippen molar-refractivity contribution in [1.29, 1.82) is 0 Å². The number of thiazole rings is 1. The third kappa shape index (κ3) is 4.42. The molecule has 3 aromatic rings. The van der Waals surface area contributed by atoms with E-state index in [4.69, 9.17) is 9.47 Å². The molecule has 3 rings (SSSR count). The number of methoxy groups -OCH3 is 2. The molecule has 0 unspecified atom stereocenters. The Labute approximate surface area is 167 Å². The molecule has 1 aromatic heterocycles. The lowest BCUT2D eigenvalue weighted by molar-refractivity contribution is -0.115. The second kappa shape index (κ2) is 8.15. The number of rotatable bonds is 7. The molecule has 0 atom stereocenters. The van der Waals surface area contributed by atoms with Gasteiger partial charge in [-0.2, -0.15) is 0 Å². The third-order valence-corrected chi connectivity index (χ3v) is 6.75. The predicted octanol–water partition coefficient (Wildman–Crippen LogP) is 3.42. The molecule has 0 bridgehead atoms. The Bertz CT molecular complexity index is 1120. The fourth-order valence-electron chi connectivity index (χ4n) is 2.67. The molecular weight excluding hydrogens is 400 g/mol. The van der Waals surface area contributed by atoms with Gasteiger partial charge in [-0.3, -0.25) is 4.79 Å². The van der Waals surface area contributed by atoms with E-state index in [1.165, 1.54) is 31.6 Å². The van der Waals surface area contributed by atoms with Gasteiger partial charge in [0.2, 0.25) is 5.91 Å². The van der Waals surface area contributed by atoms with Crippen LogP contribution in [0.1, 0.15) is 11.4 Å². The first kappa shape index (κ1) is 20.1. The van der Waals surface area contributed by atoms with Gasteiger partial charge in [0.1, 0.15) is 11.5 Å². The molecule has 1 amide bonds. The summed E-state index contributed by atoms with van der Waals surface area (Å²) < 4.78 is 36.4. The summed E-state index contributed by atoms with van der Waals surface area (Å²) in [4.78, 5) is 16.8. The van der Waals surface area contributed by atoms with Crippen LogP contribution in [-0.2, 0) is 14.6 Å². The molecule has 0 aliphatic carbocycles. The van der Waals surface area contributed by atoms with Gasteiger partial charge in [0.05, 0.1) is 45.8 Å². The fraction of sp³-hybridized carbons (Fsp3) is 0.263. The van der Waals surface area contributed by atoms with Crippen LogP contribution in [0.4, 0.5) is 5.69 Å². The number of aromatic nitrogens is 1. The van der Waals surface area contributed by atoms with E-state index < -0.39 is 15.7 Å². The maximum absolute atomic E-state index is 12.6. The molecule has 0 spiro atoms. The summed E-state index contributed by atoms with van der Waals surface area (Å²) in [6.45, 7) is 1.87. The van der Waals surface area contributed by atoms with Crippen LogP contribution >= 0.6 is 11.3 Å². The number of amides is 1. The van der Waals surface area contributed by atoms with Crippen LogP contribution in [0, 0.1) is 6.92 Å². The largest absolute Gasteiger partial charge is 0.497 e. The smallest absolute Gasteiger partial charge is 0.225 e. The number of anilines is 1. The number of aryl methyl sites for hydroxylation is 1. The minimum absolute atomic E-state index is 0.169. The number of benzene rings is 2. The van der Waals surface area contributed by atoms with E-state index in [1.54, 1.807) is 30.3 Å². The number of carbonyl (C=O) groups excluding carboxylic acids is 1. The van der Waals surface area contributed by atoms with Crippen molar-refractivity contribution in [1.82, 2.24) is 4.98 Å². The first-order valence-corrected chi connectivity index (χ1v) is 10.9. The standard InChI is InChI=1S/C19H20N2O5S2/c1-12-20-16-7-5-14(11-18(16)27-12)28(23,24)9-8-19(22)21-15-6-4-13(25-2)10-17(15)26-3/h4-7,10-11H,8-9H2,1-3H3,(H,21,22). The van der Waals surface area contributed by atoms with Crippen molar-refractivity contribution >= 4 is 43.0 Å². The van der Waals surface area contributed by atoms with E-state index in [9.17, 15) is 13.2 Å². The fourth-order valence-corrected chi connectivity index (χ4v) is 4.88. The maximum Gasteiger partial charge on any atom is 0.225 e. The number of hydrogen-bond donors (Lipinski definition) is 1. The topological polar surface area (TPSA) is 94.6 Å². The van der Waals surface area contributed by atoms with Crippen molar-refractivity contribution < 1.29 is 22.7 Å². The van der Waals surface area contributed by atoms with Gasteiger partial charge in [-0.25, -0.2) is 13.4 Å². The van der Waals surface area contributed by atoms with Crippen LogP contribution in [-0.4, -0.2) is 39.3 Å². The molecule has 1 heterocycles. The highest BCUT2D eigenvalue weighted by Crippen LogP contribution is 2.29.